The Labute approximate surface area is 204 Å². The summed E-state index contributed by atoms with van der Waals surface area (Å²) in [7, 11) is -1.74. The molecule has 1 unspecified atom stereocenters. The first-order valence-electron chi connectivity index (χ1n) is 11.1. The summed E-state index contributed by atoms with van der Waals surface area (Å²) in [5.74, 6) is -0.921. The number of carbonyl (C=O) groups excluding carboxylic acids is 1. The van der Waals surface area contributed by atoms with Crippen molar-refractivity contribution in [2.24, 2.45) is 0 Å². The molecule has 0 saturated carbocycles. The number of allylic oxidation sites excluding steroid dienone is 1. The van der Waals surface area contributed by atoms with Crippen LogP contribution >= 0.6 is 0 Å². The molecule has 3 aromatic rings. The summed E-state index contributed by atoms with van der Waals surface area (Å²) in [6, 6.07) is 22.0. The first-order valence-corrected chi connectivity index (χ1v) is 11.1. The topological polar surface area (TPSA) is 136 Å². The van der Waals surface area contributed by atoms with Crippen LogP contribution in [0, 0.1) is 11.3 Å². The van der Waals surface area contributed by atoms with Crippen molar-refractivity contribution in [3.63, 3.8) is 0 Å². The number of aliphatic hydroxyl groups is 1. The van der Waals surface area contributed by atoms with Crippen LogP contribution in [0.5, 0.6) is 0 Å². The van der Waals surface area contributed by atoms with Crippen molar-refractivity contribution in [3.05, 3.63) is 101 Å². The van der Waals surface area contributed by atoms with Gasteiger partial charge in [-0.05, 0) is 52.9 Å². The highest BCUT2D eigenvalue weighted by molar-refractivity contribution is 6.43. The molecule has 35 heavy (non-hydrogen) atoms. The molecule has 9 heteroatoms. The molecular weight excluding hydrogens is 445 g/mol. The molecular formula is C26H26BN3O5. The van der Waals surface area contributed by atoms with Crippen LogP contribution in [-0.4, -0.2) is 45.9 Å². The Bertz CT molecular complexity index is 1180. The molecule has 0 aliphatic carbocycles. The van der Waals surface area contributed by atoms with E-state index in [-0.39, 0.29) is 19.6 Å². The van der Waals surface area contributed by atoms with Crippen molar-refractivity contribution in [1.29, 1.82) is 5.26 Å². The van der Waals surface area contributed by atoms with Crippen molar-refractivity contribution in [2.75, 3.05) is 6.61 Å². The molecule has 0 spiro atoms. The van der Waals surface area contributed by atoms with Gasteiger partial charge in [-0.2, -0.15) is 5.26 Å². The minimum atomic E-state index is -1.74. The zero-order valence-corrected chi connectivity index (χ0v) is 19.0. The lowest BCUT2D eigenvalue weighted by Gasteiger charge is -2.17. The molecule has 0 radical (unpaired) electrons. The monoisotopic (exact) mass is 471 g/mol. The number of nitrogens with one attached hydrogen (secondary N) is 1. The summed E-state index contributed by atoms with van der Waals surface area (Å²) < 4.78 is 5.24. The summed E-state index contributed by atoms with van der Waals surface area (Å²) in [6.45, 7) is -0.147. The van der Waals surface area contributed by atoms with E-state index in [0.717, 1.165) is 11.1 Å². The van der Waals surface area contributed by atoms with Crippen LogP contribution in [0.15, 0.2) is 72.9 Å². The Morgan fingerprint density at radius 3 is 2.49 bits per heavy atom. The van der Waals surface area contributed by atoms with Crippen molar-refractivity contribution in [2.45, 2.75) is 25.4 Å². The fourth-order valence-corrected chi connectivity index (χ4v) is 3.52. The van der Waals surface area contributed by atoms with Gasteiger partial charge in [-0.3, -0.25) is 4.98 Å². The van der Waals surface area contributed by atoms with Crippen LogP contribution in [0.25, 0.3) is 11.6 Å². The molecule has 1 amide bonds. The van der Waals surface area contributed by atoms with Crippen LogP contribution in [0.2, 0.25) is 0 Å². The van der Waals surface area contributed by atoms with Gasteiger partial charge in [0.25, 0.3) is 0 Å². The normalized spacial score (nSPS) is 11.9. The fraction of sp³-hybridized carbons (Fsp3) is 0.192. The van der Waals surface area contributed by atoms with Crippen LogP contribution in [0.3, 0.4) is 0 Å². The lowest BCUT2D eigenvalue weighted by Crippen LogP contribution is -2.48. The molecule has 2 aromatic carbocycles. The third-order valence-electron chi connectivity index (χ3n) is 5.22. The molecule has 1 atom stereocenters. The Hall–Kier alpha value is -3.97. The third kappa shape index (κ3) is 8.08. The van der Waals surface area contributed by atoms with Gasteiger partial charge in [-0.25, -0.2) is 4.79 Å². The zero-order chi connectivity index (χ0) is 25.0. The number of pyridine rings is 1. The largest absolute Gasteiger partial charge is 0.475 e. The van der Waals surface area contributed by atoms with Gasteiger partial charge in [0.2, 0.25) is 0 Å². The second-order valence-corrected chi connectivity index (χ2v) is 7.87. The molecule has 0 aliphatic heterocycles. The number of nitrogens with zero attached hydrogens (tertiary/aromatic N) is 2. The molecule has 0 fully saturated rings. The molecule has 8 nitrogen and oxygen atoms in total. The van der Waals surface area contributed by atoms with Gasteiger partial charge in [0.1, 0.15) is 6.07 Å². The quantitative estimate of drug-likeness (QED) is 0.264. The lowest BCUT2D eigenvalue weighted by molar-refractivity contribution is 0.144. The highest BCUT2D eigenvalue weighted by Gasteiger charge is 2.26. The minimum absolute atomic E-state index is 0.0365. The smallest absolute Gasteiger partial charge is 0.449 e. The third-order valence-corrected chi connectivity index (χ3v) is 5.22. The number of benzene rings is 2. The van der Waals surface area contributed by atoms with Gasteiger partial charge in [-0.1, -0.05) is 48.5 Å². The first-order chi connectivity index (χ1) is 17.0. The average Bonchev–Trinajstić information content (AvgIpc) is 2.87. The Balaban J connectivity index is 1.62. The maximum Gasteiger partial charge on any atom is 0.475 e. The highest BCUT2D eigenvalue weighted by Crippen LogP contribution is 2.19. The molecule has 0 saturated heterocycles. The maximum absolute atomic E-state index is 12.2. The number of hydrogen-bond acceptors (Lipinski definition) is 7. The van der Waals surface area contributed by atoms with Gasteiger partial charge in [0.05, 0.1) is 30.4 Å². The van der Waals surface area contributed by atoms with Crippen LogP contribution < -0.4 is 5.32 Å². The predicted molar refractivity (Wildman–Crippen MR) is 132 cm³/mol. The molecule has 3 rings (SSSR count). The SMILES string of the molecule is N#C/C(=C\c1cc(CO)cc(CCOC(=O)NC(Cc2ccccc2)B(O)O)c1)c1ccccn1. The van der Waals surface area contributed by atoms with Crippen LogP contribution in [-0.2, 0) is 24.2 Å². The summed E-state index contributed by atoms with van der Waals surface area (Å²) in [5, 5.41) is 40.9. The number of ether oxygens (including phenoxy) is 1. The Morgan fingerprint density at radius 2 is 1.83 bits per heavy atom. The van der Waals surface area contributed by atoms with Gasteiger partial charge in [-0.15, -0.1) is 0 Å². The van der Waals surface area contributed by atoms with Gasteiger partial charge >= 0.3 is 13.2 Å². The van der Waals surface area contributed by atoms with E-state index in [9.17, 15) is 25.2 Å². The van der Waals surface area contributed by atoms with Crippen LogP contribution in [0.1, 0.15) is 27.9 Å². The highest BCUT2D eigenvalue weighted by atomic mass is 16.5. The molecule has 4 N–H and O–H groups in total. The van der Waals surface area contributed by atoms with E-state index in [1.54, 1.807) is 42.6 Å². The fourth-order valence-electron chi connectivity index (χ4n) is 3.52. The second kappa shape index (κ2) is 13.1. The summed E-state index contributed by atoms with van der Waals surface area (Å²) in [5.41, 5.74) is 3.94. The van der Waals surface area contributed by atoms with Crippen molar-refractivity contribution >= 4 is 24.9 Å². The van der Waals surface area contributed by atoms with E-state index >= 15 is 0 Å². The second-order valence-electron chi connectivity index (χ2n) is 7.87. The lowest BCUT2D eigenvalue weighted by atomic mass is 9.76. The summed E-state index contributed by atoms with van der Waals surface area (Å²) >= 11 is 0. The van der Waals surface area contributed by atoms with E-state index < -0.39 is 19.2 Å². The Morgan fingerprint density at radius 1 is 1.09 bits per heavy atom. The van der Waals surface area contributed by atoms with Crippen molar-refractivity contribution in [1.82, 2.24) is 10.3 Å². The number of alkyl carbamates (subject to hydrolysis) is 1. The Kier molecular flexibility index (Phi) is 9.57. The van der Waals surface area contributed by atoms with E-state index in [4.69, 9.17) is 4.74 Å². The van der Waals surface area contributed by atoms with E-state index in [2.05, 4.69) is 16.4 Å². The maximum atomic E-state index is 12.2. The van der Waals surface area contributed by atoms with Gasteiger partial charge < -0.3 is 25.2 Å². The van der Waals surface area contributed by atoms with Crippen molar-refractivity contribution in [3.8, 4) is 6.07 Å². The van der Waals surface area contributed by atoms with Crippen molar-refractivity contribution < 1.29 is 24.7 Å². The zero-order valence-electron chi connectivity index (χ0n) is 19.0. The van der Waals surface area contributed by atoms with E-state index in [0.29, 0.717) is 28.8 Å². The predicted octanol–water partition coefficient (Wildman–Crippen LogP) is 2.53. The number of aromatic nitrogens is 1. The average molecular weight is 471 g/mol. The summed E-state index contributed by atoms with van der Waals surface area (Å²) in [4.78, 5) is 16.4. The number of aliphatic hydroxyl groups excluding tert-OH is 1. The molecule has 0 bridgehead atoms. The number of rotatable bonds is 10. The number of nitriles is 1. The van der Waals surface area contributed by atoms with E-state index in [1.807, 2.05) is 36.4 Å². The van der Waals surface area contributed by atoms with E-state index in [1.165, 1.54) is 0 Å². The van der Waals surface area contributed by atoms with Gasteiger partial charge in [0, 0.05) is 12.6 Å². The molecule has 178 valence electrons. The minimum Gasteiger partial charge on any atom is -0.449 e. The molecule has 1 aromatic heterocycles. The number of amides is 1. The molecule has 1 heterocycles. The number of carbonyl (C=O) groups is 1. The van der Waals surface area contributed by atoms with Gasteiger partial charge in [0.15, 0.2) is 0 Å². The van der Waals surface area contributed by atoms with Crippen LogP contribution in [0.4, 0.5) is 4.79 Å². The summed E-state index contributed by atoms with van der Waals surface area (Å²) in [6.07, 6.45) is 3.13. The molecule has 0 aliphatic rings. The standard InChI is InChI=1S/C26H26BN3O5/c28-17-23(24-8-4-5-10-29-24)15-21-12-20(13-22(14-21)18-31)9-11-35-26(32)30-25(27(33)34)16-19-6-2-1-3-7-19/h1-8,10,12-15,25,31,33-34H,9,11,16,18H2,(H,30,32)/b23-15+. The number of hydrogen-bond donors (Lipinski definition) is 4. The first kappa shape index (κ1) is 25.7.